The highest BCUT2D eigenvalue weighted by Gasteiger charge is 2.22. The molecule has 3 rings (SSSR count). The van der Waals surface area contributed by atoms with Crippen LogP contribution in [0.3, 0.4) is 0 Å². The predicted molar refractivity (Wildman–Crippen MR) is 113 cm³/mol. The van der Waals surface area contributed by atoms with Gasteiger partial charge in [0.1, 0.15) is 11.6 Å². The second-order valence-electron chi connectivity index (χ2n) is 7.43. The Morgan fingerprint density at radius 1 is 1.03 bits per heavy atom. The number of halogens is 1. The largest absolute Gasteiger partial charge is 0.484 e. The van der Waals surface area contributed by atoms with Gasteiger partial charge < -0.3 is 15.0 Å². The van der Waals surface area contributed by atoms with Crippen molar-refractivity contribution in [3.8, 4) is 5.75 Å². The Balaban J connectivity index is 1.32. The monoisotopic (exact) mass is 413 g/mol. The lowest BCUT2D eigenvalue weighted by molar-refractivity contribution is -0.135. The Bertz CT molecular complexity index is 849. The van der Waals surface area contributed by atoms with Crippen molar-refractivity contribution in [3.63, 3.8) is 0 Å². The van der Waals surface area contributed by atoms with E-state index >= 15 is 0 Å². The van der Waals surface area contributed by atoms with Gasteiger partial charge in [0, 0.05) is 32.7 Å². The van der Waals surface area contributed by atoms with Gasteiger partial charge in [-0.15, -0.1) is 0 Å². The Labute approximate surface area is 176 Å². The zero-order chi connectivity index (χ0) is 21.3. The van der Waals surface area contributed by atoms with Crippen molar-refractivity contribution in [2.45, 2.75) is 13.3 Å². The van der Waals surface area contributed by atoms with Crippen molar-refractivity contribution < 1.29 is 18.7 Å². The first-order chi connectivity index (χ1) is 14.5. The van der Waals surface area contributed by atoms with Crippen molar-refractivity contribution in [1.29, 1.82) is 0 Å². The maximum Gasteiger partial charge on any atom is 0.260 e. The van der Waals surface area contributed by atoms with E-state index in [9.17, 15) is 14.0 Å². The van der Waals surface area contributed by atoms with E-state index in [0.29, 0.717) is 45.0 Å². The Morgan fingerprint density at radius 3 is 2.43 bits per heavy atom. The summed E-state index contributed by atoms with van der Waals surface area (Å²) in [6.07, 6.45) is 0.814. The highest BCUT2D eigenvalue weighted by molar-refractivity contribution is 5.79. The highest BCUT2D eigenvalue weighted by atomic mass is 19.1. The van der Waals surface area contributed by atoms with Gasteiger partial charge in [0.05, 0.1) is 6.54 Å². The minimum absolute atomic E-state index is 0.00278. The van der Waals surface area contributed by atoms with Crippen LogP contribution < -0.4 is 10.1 Å². The quantitative estimate of drug-likeness (QED) is 0.719. The van der Waals surface area contributed by atoms with E-state index in [1.807, 2.05) is 17.0 Å². The second-order valence-corrected chi connectivity index (χ2v) is 7.43. The van der Waals surface area contributed by atoms with Crippen molar-refractivity contribution in [2.75, 3.05) is 45.9 Å². The molecule has 0 unspecified atom stereocenters. The minimum atomic E-state index is -0.344. The first kappa shape index (κ1) is 21.8. The number of rotatable bonds is 8. The number of ether oxygens (including phenoxy) is 1. The van der Waals surface area contributed by atoms with Crippen LogP contribution in [0.2, 0.25) is 0 Å². The summed E-state index contributed by atoms with van der Waals surface area (Å²) in [5.74, 6) is 0.0134. The standard InChI is InChI=1S/C23H28FN3O3/c1-18-4-2-3-5-19(18)10-11-25-22(28)16-26-12-14-27(15-13-26)23(29)17-30-21-8-6-20(24)7-9-21/h2-9H,10-17H2,1H3,(H,25,28). The molecule has 0 saturated carbocycles. The normalized spacial score (nSPS) is 14.4. The van der Waals surface area contributed by atoms with Crippen molar-refractivity contribution in [2.24, 2.45) is 0 Å². The molecule has 2 amide bonds. The van der Waals surface area contributed by atoms with Crippen LogP contribution in [-0.2, 0) is 16.0 Å². The lowest BCUT2D eigenvalue weighted by Crippen LogP contribution is -2.52. The first-order valence-electron chi connectivity index (χ1n) is 10.2. The summed E-state index contributed by atoms with van der Waals surface area (Å²) in [6.45, 7) is 5.35. The summed E-state index contributed by atoms with van der Waals surface area (Å²) in [7, 11) is 0. The molecule has 1 saturated heterocycles. The fraction of sp³-hybridized carbons (Fsp3) is 0.391. The van der Waals surface area contributed by atoms with E-state index in [0.717, 1.165) is 6.42 Å². The molecule has 0 aliphatic carbocycles. The maximum absolute atomic E-state index is 12.9. The maximum atomic E-state index is 12.9. The third-order valence-corrected chi connectivity index (χ3v) is 5.25. The van der Waals surface area contributed by atoms with Crippen molar-refractivity contribution in [3.05, 3.63) is 65.5 Å². The minimum Gasteiger partial charge on any atom is -0.484 e. The van der Waals surface area contributed by atoms with Gasteiger partial charge in [-0.2, -0.15) is 0 Å². The van der Waals surface area contributed by atoms with E-state index in [4.69, 9.17) is 4.74 Å². The van der Waals surface area contributed by atoms with Gasteiger partial charge >= 0.3 is 0 Å². The summed E-state index contributed by atoms with van der Waals surface area (Å²) in [4.78, 5) is 28.3. The number of nitrogens with zero attached hydrogens (tertiary/aromatic N) is 2. The molecule has 0 atom stereocenters. The van der Waals surface area contributed by atoms with Crippen LogP contribution in [0.5, 0.6) is 5.75 Å². The summed E-state index contributed by atoms with van der Waals surface area (Å²) in [6, 6.07) is 13.8. The number of carbonyl (C=O) groups excluding carboxylic acids is 2. The summed E-state index contributed by atoms with van der Waals surface area (Å²) < 4.78 is 18.3. The number of piperazine rings is 1. The number of carbonyl (C=O) groups is 2. The SMILES string of the molecule is Cc1ccccc1CCNC(=O)CN1CCN(C(=O)COc2ccc(F)cc2)CC1. The molecule has 0 aromatic heterocycles. The van der Waals surface area contributed by atoms with Crippen LogP contribution in [-0.4, -0.2) is 67.5 Å². The molecule has 0 spiro atoms. The molecule has 6 nitrogen and oxygen atoms in total. The Hall–Kier alpha value is -2.93. The van der Waals surface area contributed by atoms with Gasteiger partial charge in [0.25, 0.3) is 5.91 Å². The Kier molecular flexibility index (Phi) is 7.79. The molecule has 1 heterocycles. The number of hydrogen-bond donors (Lipinski definition) is 1. The molecule has 30 heavy (non-hydrogen) atoms. The Morgan fingerprint density at radius 2 is 1.73 bits per heavy atom. The average Bonchev–Trinajstić information content (AvgIpc) is 2.75. The van der Waals surface area contributed by atoms with Gasteiger partial charge in [0.15, 0.2) is 6.61 Å². The van der Waals surface area contributed by atoms with Crippen LogP contribution in [0.25, 0.3) is 0 Å². The smallest absolute Gasteiger partial charge is 0.260 e. The van der Waals surface area contributed by atoms with Crippen molar-refractivity contribution in [1.82, 2.24) is 15.1 Å². The zero-order valence-corrected chi connectivity index (χ0v) is 17.3. The summed E-state index contributed by atoms with van der Waals surface area (Å²) in [5, 5.41) is 2.97. The van der Waals surface area contributed by atoms with E-state index in [1.165, 1.54) is 35.4 Å². The van der Waals surface area contributed by atoms with E-state index in [2.05, 4.69) is 24.4 Å². The lowest BCUT2D eigenvalue weighted by Gasteiger charge is -2.34. The number of aryl methyl sites for hydroxylation is 1. The van der Waals surface area contributed by atoms with Gasteiger partial charge in [0.2, 0.25) is 5.91 Å². The molecule has 1 aliphatic heterocycles. The van der Waals surface area contributed by atoms with E-state index in [-0.39, 0.29) is 24.2 Å². The number of hydrogen-bond acceptors (Lipinski definition) is 4. The van der Waals surface area contributed by atoms with Crippen LogP contribution in [0.1, 0.15) is 11.1 Å². The van der Waals surface area contributed by atoms with E-state index in [1.54, 1.807) is 4.90 Å². The van der Waals surface area contributed by atoms with Gasteiger partial charge in [-0.3, -0.25) is 14.5 Å². The van der Waals surface area contributed by atoms with Crippen LogP contribution in [0.4, 0.5) is 4.39 Å². The number of nitrogens with one attached hydrogen (secondary N) is 1. The average molecular weight is 413 g/mol. The predicted octanol–water partition coefficient (Wildman–Crippen LogP) is 2.02. The molecule has 1 aliphatic rings. The fourth-order valence-corrected chi connectivity index (χ4v) is 3.41. The molecule has 1 N–H and O–H groups in total. The molecule has 2 aromatic rings. The summed E-state index contributed by atoms with van der Waals surface area (Å²) >= 11 is 0. The second kappa shape index (κ2) is 10.7. The molecular weight excluding hydrogens is 385 g/mol. The van der Waals surface area contributed by atoms with Crippen molar-refractivity contribution >= 4 is 11.8 Å². The van der Waals surface area contributed by atoms with Gasteiger partial charge in [-0.1, -0.05) is 24.3 Å². The van der Waals surface area contributed by atoms with Crippen LogP contribution >= 0.6 is 0 Å². The number of benzene rings is 2. The summed E-state index contributed by atoms with van der Waals surface area (Å²) in [5.41, 5.74) is 2.48. The number of amides is 2. The van der Waals surface area contributed by atoms with Crippen LogP contribution in [0.15, 0.2) is 48.5 Å². The molecule has 0 bridgehead atoms. The first-order valence-corrected chi connectivity index (χ1v) is 10.2. The van der Waals surface area contributed by atoms with Gasteiger partial charge in [-0.05, 0) is 48.7 Å². The fourth-order valence-electron chi connectivity index (χ4n) is 3.41. The lowest BCUT2D eigenvalue weighted by atomic mass is 10.1. The molecule has 160 valence electrons. The molecule has 7 heteroatoms. The van der Waals surface area contributed by atoms with E-state index < -0.39 is 0 Å². The molecular formula is C23H28FN3O3. The molecule has 2 aromatic carbocycles. The highest BCUT2D eigenvalue weighted by Crippen LogP contribution is 2.11. The third-order valence-electron chi connectivity index (χ3n) is 5.25. The zero-order valence-electron chi connectivity index (χ0n) is 17.3. The van der Waals surface area contributed by atoms with Crippen LogP contribution in [0, 0.1) is 12.7 Å². The molecule has 1 fully saturated rings. The topological polar surface area (TPSA) is 61.9 Å². The molecule has 0 radical (unpaired) electrons. The third kappa shape index (κ3) is 6.56. The van der Waals surface area contributed by atoms with Gasteiger partial charge in [-0.25, -0.2) is 4.39 Å².